The van der Waals surface area contributed by atoms with Gasteiger partial charge in [0.15, 0.2) is 0 Å². The number of nitrogens with two attached hydrogens (primary N) is 1. The van der Waals surface area contributed by atoms with Crippen LogP contribution in [0.15, 0.2) is 18.2 Å². The third-order valence-electron chi connectivity index (χ3n) is 2.59. The lowest BCUT2D eigenvalue weighted by Gasteiger charge is -2.18. The number of hydrogen-bond donors (Lipinski definition) is 2. The number of nitrogens with zero attached hydrogens (tertiary/aromatic N) is 2. The second-order valence-electron chi connectivity index (χ2n) is 4.55. The number of nitriles is 1. The van der Waals surface area contributed by atoms with E-state index < -0.39 is 0 Å². The summed E-state index contributed by atoms with van der Waals surface area (Å²) in [6.07, 6.45) is 1.05. The molecule has 1 atom stereocenters. The Bertz CT molecular complexity index is 406. The molecule has 0 bridgehead atoms. The zero-order chi connectivity index (χ0) is 12.8. The first-order valence-electron chi connectivity index (χ1n) is 5.74. The van der Waals surface area contributed by atoms with E-state index >= 15 is 0 Å². The molecular weight excluding hydrogens is 212 g/mol. The lowest BCUT2D eigenvalue weighted by molar-refractivity contribution is 0.390. The molecule has 0 saturated carbocycles. The molecule has 4 nitrogen and oxygen atoms in total. The Hall–Kier alpha value is -1.73. The fourth-order valence-corrected chi connectivity index (χ4v) is 1.55. The van der Waals surface area contributed by atoms with E-state index in [-0.39, 0.29) is 0 Å². The third kappa shape index (κ3) is 4.33. The van der Waals surface area contributed by atoms with Gasteiger partial charge in [-0.3, -0.25) is 0 Å². The first kappa shape index (κ1) is 13.3. The van der Waals surface area contributed by atoms with Crippen LogP contribution in [0.3, 0.4) is 0 Å². The minimum atomic E-state index is 0.354. The minimum absolute atomic E-state index is 0.354. The molecule has 0 spiro atoms. The van der Waals surface area contributed by atoms with Crippen LogP contribution in [-0.2, 0) is 0 Å². The van der Waals surface area contributed by atoms with Gasteiger partial charge in [0.05, 0.1) is 23.0 Å². The summed E-state index contributed by atoms with van der Waals surface area (Å²) in [6, 6.07) is 7.76. The number of hydrogen-bond acceptors (Lipinski definition) is 4. The predicted molar refractivity (Wildman–Crippen MR) is 71.8 cm³/mol. The second kappa shape index (κ2) is 6.12. The van der Waals surface area contributed by atoms with E-state index in [9.17, 15) is 0 Å². The van der Waals surface area contributed by atoms with Gasteiger partial charge >= 0.3 is 0 Å². The van der Waals surface area contributed by atoms with Crippen LogP contribution >= 0.6 is 0 Å². The van der Waals surface area contributed by atoms with Crippen LogP contribution in [0.5, 0.6) is 0 Å². The summed E-state index contributed by atoms with van der Waals surface area (Å²) >= 11 is 0. The lowest BCUT2D eigenvalue weighted by Crippen LogP contribution is -2.23. The molecule has 0 radical (unpaired) electrons. The molecule has 1 unspecified atom stereocenters. The van der Waals surface area contributed by atoms with Gasteiger partial charge in [0.1, 0.15) is 0 Å². The van der Waals surface area contributed by atoms with Crippen LogP contribution in [0.25, 0.3) is 0 Å². The van der Waals surface area contributed by atoms with E-state index in [2.05, 4.69) is 37.3 Å². The van der Waals surface area contributed by atoms with Crippen molar-refractivity contribution in [2.24, 2.45) is 0 Å². The molecule has 1 aromatic rings. The van der Waals surface area contributed by atoms with Crippen molar-refractivity contribution in [3.63, 3.8) is 0 Å². The van der Waals surface area contributed by atoms with Crippen molar-refractivity contribution < 1.29 is 0 Å². The molecule has 92 valence electrons. The number of benzene rings is 1. The zero-order valence-corrected chi connectivity index (χ0v) is 10.7. The van der Waals surface area contributed by atoms with Gasteiger partial charge < -0.3 is 16.0 Å². The summed E-state index contributed by atoms with van der Waals surface area (Å²) in [4.78, 5) is 2.15. The van der Waals surface area contributed by atoms with Crippen molar-refractivity contribution in [3.05, 3.63) is 23.8 Å². The molecule has 1 rings (SSSR count). The maximum absolute atomic E-state index is 8.75. The fourth-order valence-electron chi connectivity index (χ4n) is 1.55. The topological polar surface area (TPSA) is 65.1 Å². The molecule has 0 aromatic heterocycles. The molecule has 4 heteroatoms. The average molecular weight is 232 g/mol. The maximum atomic E-state index is 8.75. The quantitative estimate of drug-likeness (QED) is 0.761. The van der Waals surface area contributed by atoms with Gasteiger partial charge in [-0.2, -0.15) is 5.26 Å². The van der Waals surface area contributed by atoms with Crippen LogP contribution < -0.4 is 11.1 Å². The van der Waals surface area contributed by atoms with Gasteiger partial charge in [-0.25, -0.2) is 0 Å². The molecule has 0 amide bonds. The van der Waals surface area contributed by atoms with Crippen LogP contribution in [0, 0.1) is 11.3 Å². The van der Waals surface area contributed by atoms with Crippen molar-refractivity contribution in [1.82, 2.24) is 4.90 Å². The lowest BCUT2D eigenvalue weighted by atomic mass is 10.1. The van der Waals surface area contributed by atoms with Gasteiger partial charge in [0, 0.05) is 6.04 Å². The largest absolute Gasteiger partial charge is 0.397 e. The summed E-state index contributed by atoms with van der Waals surface area (Å²) in [6.45, 7) is 3.16. The molecule has 0 heterocycles. The number of rotatable bonds is 5. The second-order valence-corrected chi connectivity index (χ2v) is 4.55. The van der Waals surface area contributed by atoms with E-state index in [0.717, 1.165) is 18.7 Å². The summed E-state index contributed by atoms with van der Waals surface area (Å²) in [5.41, 5.74) is 7.99. The van der Waals surface area contributed by atoms with Gasteiger partial charge in [-0.1, -0.05) is 0 Å². The van der Waals surface area contributed by atoms with Crippen molar-refractivity contribution in [1.29, 1.82) is 5.26 Å². The monoisotopic (exact) mass is 232 g/mol. The predicted octanol–water partition coefficient (Wildman–Crippen LogP) is 1.89. The highest BCUT2D eigenvalue weighted by atomic mass is 15.1. The van der Waals surface area contributed by atoms with Gasteiger partial charge in [-0.15, -0.1) is 0 Å². The SMILES string of the molecule is CC(CCN(C)C)Nc1ccc(C#N)cc1N. The van der Waals surface area contributed by atoms with E-state index in [4.69, 9.17) is 11.0 Å². The minimum Gasteiger partial charge on any atom is -0.397 e. The Labute approximate surface area is 103 Å². The van der Waals surface area contributed by atoms with Crippen molar-refractivity contribution >= 4 is 11.4 Å². The first-order valence-corrected chi connectivity index (χ1v) is 5.74. The van der Waals surface area contributed by atoms with Crippen molar-refractivity contribution in [2.45, 2.75) is 19.4 Å². The number of nitrogens with one attached hydrogen (secondary N) is 1. The highest BCUT2D eigenvalue weighted by Crippen LogP contribution is 2.20. The van der Waals surface area contributed by atoms with Gasteiger partial charge in [0.2, 0.25) is 0 Å². The molecule has 1 aromatic carbocycles. The number of anilines is 2. The summed E-state index contributed by atoms with van der Waals surface area (Å²) in [5.74, 6) is 0. The molecule has 17 heavy (non-hydrogen) atoms. The van der Waals surface area contributed by atoms with E-state index in [1.807, 2.05) is 6.07 Å². The normalized spacial score (nSPS) is 12.2. The highest BCUT2D eigenvalue weighted by molar-refractivity contribution is 5.68. The number of nitrogen functional groups attached to an aromatic ring is 1. The van der Waals surface area contributed by atoms with Crippen molar-refractivity contribution in [2.75, 3.05) is 31.7 Å². The zero-order valence-electron chi connectivity index (χ0n) is 10.7. The Morgan fingerprint density at radius 1 is 1.47 bits per heavy atom. The van der Waals surface area contributed by atoms with Gasteiger partial charge in [0.25, 0.3) is 0 Å². The first-order chi connectivity index (χ1) is 8.02. The molecule has 0 aliphatic rings. The Balaban J connectivity index is 2.60. The Kier molecular flexibility index (Phi) is 4.80. The fraction of sp³-hybridized carbons (Fsp3) is 0.462. The highest BCUT2D eigenvalue weighted by Gasteiger charge is 2.05. The summed E-state index contributed by atoms with van der Waals surface area (Å²) in [5, 5.41) is 12.1. The van der Waals surface area contributed by atoms with Gasteiger partial charge in [-0.05, 0) is 52.2 Å². The van der Waals surface area contributed by atoms with Crippen molar-refractivity contribution in [3.8, 4) is 6.07 Å². The molecule has 0 aliphatic carbocycles. The molecule has 3 N–H and O–H groups in total. The smallest absolute Gasteiger partial charge is 0.0992 e. The summed E-state index contributed by atoms with van der Waals surface area (Å²) in [7, 11) is 4.12. The third-order valence-corrected chi connectivity index (χ3v) is 2.59. The standard InChI is InChI=1S/C13H20N4/c1-10(6-7-17(2)3)16-13-5-4-11(9-14)8-12(13)15/h4-5,8,10,16H,6-7,15H2,1-3H3. The Morgan fingerprint density at radius 2 is 2.18 bits per heavy atom. The van der Waals surface area contributed by atoms with E-state index in [1.54, 1.807) is 12.1 Å². The molecule has 0 fully saturated rings. The molecule has 0 aliphatic heterocycles. The van der Waals surface area contributed by atoms with Crippen LogP contribution in [-0.4, -0.2) is 31.6 Å². The Morgan fingerprint density at radius 3 is 2.71 bits per heavy atom. The molecule has 0 saturated heterocycles. The van der Waals surface area contributed by atoms with E-state index in [1.165, 1.54) is 0 Å². The van der Waals surface area contributed by atoms with E-state index in [0.29, 0.717) is 17.3 Å². The molecular formula is C13H20N4. The summed E-state index contributed by atoms with van der Waals surface area (Å²) < 4.78 is 0. The van der Waals surface area contributed by atoms with Crippen LogP contribution in [0.2, 0.25) is 0 Å². The van der Waals surface area contributed by atoms with Crippen LogP contribution in [0.4, 0.5) is 11.4 Å². The van der Waals surface area contributed by atoms with Crippen LogP contribution in [0.1, 0.15) is 18.9 Å². The maximum Gasteiger partial charge on any atom is 0.0992 e. The average Bonchev–Trinajstić information content (AvgIpc) is 2.29.